The lowest BCUT2D eigenvalue weighted by atomic mass is 9.75. The lowest BCUT2D eigenvalue weighted by Gasteiger charge is -2.32. The Labute approximate surface area is 73.4 Å². The van der Waals surface area contributed by atoms with Crippen molar-refractivity contribution in [2.24, 2.45) is 11.3 Å². The van der Waals surface area contributed by atoms with Crippen molar-refractivity contribution in [2.45, 2.75) is 20.8 Å². The lowest BCUT2D eigenvalue weighted by Crippen LogP contribution is -2.35. The zero-order chi connectivity index (χ0) is 9.35. The standard InChI is InChI=1S/C10H15NO/c1-7-9(10(2,3)4)8(12)5-6-11-7/h5-6,9,11H,1H2,2-4H3. The van der Waals surface area contributed by atoms with Crippen LogP contribution in [0.4, 0.5) is 0 Å². The van der Waals surface area contributed by atoms with Crippen LogP contribution in [0.3, 0.4) is 0 Å². The van der Waals surface area contributed by atoms with Crippen LogP contribution in [0.2, 0.25) is 0 Å². The van der Waals surface area contributed by atoms with Gasteiger partial charge in [-0.25, -0.2) is 0 Å². The molecule has 0 aromatic carbocycles. The smallest absolute Gasteiger partial charge is 0.166 e. The molecule has 1 atom stereocenters. The summed E-state index contributed by atoms with van der Waals surface area (Å²) in [6.07, 6.45) is 3.22. The first-order chi connectivity index (χ1) is 5.43. The van der Waals surface area contributed by atoms with Crippen LogP contribution >= 0.6 is 0 Å². The maximum atomic E-state index is 11.5. The Kier molecular flexibility index (Phi) is 2.09. The predicted molar refractivity (Wildman–Crippen MR) is 49.4 cm³/mol. The molecular weight excluding hydrogens is 150 g/mol. The molecule has 1 unspecified atom stereocenters. The van der Waals surface area contributed by atoms with Crippen LogP contribution in [0.5, 0.6) is 0 Å². The Morgan fingerprint density at radius 2 is 2.08 bits per heavy atom. The molecule has 0 aromatic heterocycles. The fourth-order valence-corrected chi connectivity index (χ4v) is 1.53. The van der Waals surface area contributed by atoms with E-state index in [2.05, 4.69) is 11.9 Å². The zero-order valence-electron chi connectivity index (χ0n) is 7.85. The van der Waals surface area contributed by atoms with Crippen LogP contribution < -0.4 is 5.32 Å². The van der Waals surface area contributed by atoms with E-state index in [1.807, 2.05) is 20.8 Å². The number of carbonyl (C=O) groups is 1. The molecule has 0 aromatic rings. The SMILES string of the molecule is C=C1NC=CC(=O)C1C(C)(C)C. The second-order valence-corrected chi connectivity index (χ2v) is 4.20. The summed E-state index contributed by atoms with van der Waals surface area (Å²) in [7, 11) is 0. The van der Waals surface area contributed by atoms with Crippen LogP contribution in [0.15, 0.2) is 24.6 Å². The Morgan fingerprint density at radius 1 is 1.50 bits per heavy atom. The highest BCUT2D eigenvalue weighted by Crippen LogP contribution is 2.32. The van der Waals surface area contributed by atoms with Crippen molar-refractivity contribution in [2.75, 3.05) is 0 Å². The van der Waals surface area contributed by atoms with Crippen LogP contribution in [-0.4, -0.2) is 5.78 Å². The fourth-order valence-electron chi connectivity index (χ4n) is 1.53. The summed E-state index contributed by atoms with van der Waals surface area (Å²) in [6.45, 7) is 9.96. The molecule has 0 fully saturated rings. The molecule has 1 aliphatic rings. The van der Waals surface area contributed by atoms with E-state index in [4.69, 9.17) is 0 Å². The highest BCUT2D eigenvalue weighted by Gasteiger charge is 2.33. The number of nitrogens with one attached hydrogen (secondary N) is 1. The minimum atomic E-state index is -0.0949. The summed E-state index contributed by atoms with van der Waals surface area (Å²) in [6, 6.07) is 0. The maximum Gasteiger partial charge on any atom is 0.166 e. The van der Waals surface area contributed by atoms with Crippen LogP contribution in [-0.2, 0) is 4.79 Å². The molecule has 1 heterocycles. The highest BCUT2D eigenvalue weighted by molar-refractivity contribution is 5.95. The molecular formula is C10H15NO. The summed E-state index contributed by atoms with van der Waals surface area (Å²) < 4.78 is 0. The van der Waals surface area contributed by atoms with E-state index in [-0.39, 0.29) is 17.1 Å². The van der Waals surface area contributed by atoms with Gasteiger partial charge < -0.3 is 5.32 Å². The Bertz CT molecular complexity index is 245. The van der Waals surface area contributed by atoms with Gasteiger partial charge >= 0.3 is 0 Å². The highest BCUT2D eigenvalue weighted by atomic mass is 16.1. The van der Waals surface area contributed by atoms with Crippen molar-refractivity contribution in [3.63, 3.8) is 0 Å². The molecule has 2 heteroatoms. The lowest BCUT2D eigenvalue weighted by molar-refractivity contribution is -0.120. The molecule has 0 spiro atoms. The molecule has 66 valence electrons. The van der Waals surface area contributed by atoms with Gasteiger partial charge in [-0.2, -0.15) is 0 Å². The molecule has 1 rings (SSSR count). The first-order valence-electron chi connectivity index (χ1n) is 4.08. The van der Waals surface area contributed by atoms with Gasteiger partial charge in [0.2, 0.25) is 0 Å². The van der Waals surface area contributed by atoms with Gasteiger partial charge in [-0.15, -0.1) is 0 Å². The number of carbonyl (C=O) groups excluding carboxylic acids is 1. The Hall–Kier alpha value is -1.05. The average Bonchev–Trinajstić information content (AvgIpc) is 1.82. The van der Waals surface area contributed by atoms with Crippen LogP contribution in [0, 0.1) is 11.3 Å². The third-order valence-corrected chi connectivity index (χ3v) is 2.02. The molecule has 0 radical (unpaired) electrons. The number of hydrogen-bond acceptors (Lipinski definition) is 2. The summed E-state index contributed by atoms with van der Waals surface area (Å²) >= 11 is 0. The monoisotopic (exact) mass is 165 g/mol. The normalized spacial score (nSPS) is 24.1. The van der Waals surface area contributed by atoms with Gasteiger partial charge in [0.25, 0.3) is 0 Å². The second kappa shape index (κ2) is 2.77. The number of hydrogen-bond donors (Lipinski definition) is 1. The summed E-state index contributed by atoms with van der Waals surface area (Å²) in [4.78, 5) is 11.5. The predicted octanol–water partition coefficient (Wildman–Crippen LogP) is 1.85. The maximum absolute atomic E-state index is 11.5. The first kappa shape index (κ1) is 9.04. The molecule has 12 heavy (non-hydrogen) atoms. The molecule has 1 N–H and O–H groups in total. The van der Waals surface area contributed by atoms with Gasteiger partial charge in [-0.1, -0.05) is 27.4 Å². The van der Waals surface area contributed by atoms with Crippen LogP contribution in [0.1, 0.15) is 20.8 Å². The molecule has 0 saturated carbocycles. The molecule has 1 aliphatic heterocycles. The topological polar surface area (TPSA) is 29.1 Å². The third kappa shape index (κ3) is 1.58. The van der Waals surface area contributed by atoms with Gasteiger partial charge in [0.05, 0.1) is 5.92 Å². The number of allylic oxidation sites excluding steroid dienone is 2. The van der Waals surface area contributed by atoms with E-state index in [0.717, 1.165) is 5.70 Å². The summed E-state index contributed by atoms with van der Waals surface area (Å²) in [5, 5.41) is 2.97. The van der Waals surface area contributed by atoms with E-state index in [1.54, 1.807) is 12.3 Å². The van der Waals surface area contributed by atoms with Gasteiger partial charge in [0, 0.05) is 11.9 Å². The third-order valence-electron chi connectivity index (χ3n) is 2.02. The van der Waals surface area contributed by atoms with E-state index in [9.17, 15) is 4.79 Å². The van der Waals surface area contributed by atoms with Crippen molar-refractivity contribution < 1.29 is 4.79 Å². The largest absolute Gasteiger partial charge is 0.365 e. The van der Waals surface area contributed by atoms with E-state index < -0.39 is 0 Å². The van der Waals surface area contributed by atoms with Gasteiger partial charge in [0.15, 0.2) is 5.78 Å². The molecule has 0 saturated heterocycles. The summed E-state index contributed by atoms with van der Waals surface area (Å²) in [5.74, 6) is 0.0498. The summed E-state index contributed by atoms with van der Waals surface area (Å²) in [5.41, 5.74) is 0.751. The minimum Gasteiger partial charge on any atom is -0.365 e. The van der Waals surface area contributed by atoms with E-state index in [1.165, 1.54) is 0 Å². The quantitative estimate of drug-likeness (QED) is 0.593. The number of rotatable bonds is 0. The molecule has 0 bridgehead atoms. The average molecular weight is 165 g/mol. The molecule has 0 amide bonds. The van der Waals surface area contributed by atoms with Crippen molar-refractivity contribution in [3.8, 4) is 0 Å². The Morgan fingerprint density at radius 3 is 2.42 bits per heavy atom. The molecule has 0 aliphatic carbocycles. The van der Waals surface area contributed by atoms with Gasteiger partial charge in [0.1, 0.15) is 0 Å². The Balaban J connectivity index is 2.95. The van der Waals surface area contributed by atoms with Crippen LogP contribution in [0.25, 0.3) is 0 Å². The van der Waals surface area contributed by atoms with Crippen molar-refractivity contribution in [1.82, 2.24) is 5.32 Å². The fraction of sp³-hybridized carbons (Fsp3) is 0.500. The minimum absolute atomic E-state index is 0.0497. The van der Waals surface area contributed by atoms with Gasteiger partial charge in [-0.3, -0.25) is 4.79 Å². The second-order valence-electron chi connectivity index (χ2n) is 4.20. The van der Waals surface area contributed by atoms with E-state index in [0.29, 0.717) is 0 Å². The van der Waals surface area contributed by atoms with E-state index >= 15 is 0 Å². The zero-order valence-corrected chi connectivity index (χ0v) is 7.85. The van der Waals surface area contributed by atoms with Crippen molar-refractivity contribution in [3.05, 3.63) is 24.6 Å². The number of ketones is 1. The molecule has 2 nitrogen and oxygen atoms in total. The van der Waals surface area contributed by atoms with Gasteiger partial charge in [-0.05, 0) is 11.5 Å². The first-order valence-corrected chi connectivity index (χ1v) is 4.08. The van der Waals surface area contributed by atoms with Crippen molar-refractivity contribution >= 4 is 5.78 Å². The van der Waals surface area contributed by atoms with Crippen molar-refractivity contribution in [1.29, 1.82) is 0 Å².